The highest BCUT2D eigenvalue weighted by Crippen LogP contribution is 2.27. The van der Waals surface area contributed by atoms with Gasteiger partial charge in [0.1, 0.15) is 0 Å². The molecule has 1 aromatic rings. The predicted octanol–water partition coefficient (Wildman–Crippen LogP) is 2.33. The Labute approximate surface area is 146 Å². The summed E-state index contributed by atoms with van der Waals surface area (Å²) in [6.07, 6.45) is 4.36. The van der Waals surface area contributed by atoms with Crippen LogP contribution in [0.1, 0.15) is 35.9 Å². The van der Waals surface area contributed by atoms with E-state index in [1.165, 1.54) is 0 Å². The second kappa shape index (κ2) is 7.25. The normalized spacial score (nSPS) is 15.6. The van der Waals surface area contributed by atoms with Crippen LogP contribution in [0.4, 0.5) is 0 Å². The Hall–Kier alpha value is -3.02. The van der Waals surface area contributed by atoms with E-state index in [0.29, 0.717) is 29.8 Å². The number of allylic oxidation sites excluding steroid dienone is 2. The van der Waals surface area contributed by atoms with Crippen LogP contribution in [0.15, 0.2) is 41.8 Å². The van der Waals surface area contributed by atoms with E-state index < -0.39 is 5.97 Å². The van der Waals surface area contributed by atoms with E-state index in [-0.39, 0.29) is 12.3 Å². The van der Waals surface area contributed by atoms with Crippen molar-refractivity contribution in [1.29, 1.82) is 0 Å². The van der Waals surface area contributed by atoms with Crippen LogP contribution in [-0.4, -0.2) is 22.0 Å². The standard InChI is InChI=1S/C19H23N3O3/c1-5-13-12(4)19(25)22-17(13)9-15-11(3)14(6-7-18(23)24)16(21-15)8-10(2)20/h5,9,21H,1-2,6-8,20H2,3-4H3,(H,22,25)(H,23,24)/b17-9-. The number of carbonyl (C=O) groups is 2. The first kappa shape index (κ1) is 18.3. The topological polar surface area (TPSA) is 108 Å². The molecule has 0 atom stereocenters. The third-order valence-electron chi connectivity index (χ3n) is 4.27. The summed E-state index contributed by atoms with van der Waals surface area (Å²) in [6.45, 7) is 11.1. The number of hydrogen-bond acceptors (Lipinski definition) is 3. The molecule has 132 valence electrons. The van der Waals surface area contributed by atoms with Gasteiger partial charge in [0.15, 0.2) is 0 Å². The zero-order chi connectivity index (χ0) is 18.7. The van der Waals surface area contributed by atoms with E-state index in [1.807, 2.05) is 13.0 Å². The van der Waals surface area contributed by atoms with Crippen molar-refractivity contribution in [3.63, 3.8) is 0 Å². The van der Waals surface area contributed by atoms with Gasteiger partial charge in [0, 0.05) is 41.1 Å². The van der Waals surface area contributed by atoms with Crippen LogP contribution in [0.2, 0.25) is 0 Å². The van der Waals surface area contributed by atoms with Gasteiger partial charge in [0.25, 0.3) is 5.91 Å². The quantitative estimate of drug-likeness (QED) is 0.610. The lowest BCUT2D eigenvalue weighted by Crippen LogP contribution is -2.15. The van der Waals surface area contributed by atoms with Gasteiger partial charge in [0.2, 0.25) is 0 Å². The number of aromatic nitrogens is 1. The molecule has 0 fully saturated rings. The van der Waals surface area contributed by atoms with E-state index in [0.717, 1.165) is 28.1 Å². The summed E-state index contributed by atoms with van der Waals surface area (Å²) in [5.41, 5.74) is 11.8. The van der Waals surface area contributed by atoms with E-state index >= 15 is 0 Å². The van der Waals surface area contributed by atoms with Crippen LogP contribution in [0.25, 0.3) is 6.08 Å². The molecule has 5 N–H and O–H groups in total. The highest BCUT2D eigenvalue weighted by molar-refractivity contribution is 6.01. The number of H-pyrrole nitrogens is 1. The number of nitrogens with two attached hydrogens (primary N) is 1. The average Bonchev–Trinajstić information content (AvgIpc) is 2.94. The van der Waals surface area contributed by atoms with Crippen LogP contribution in [0.5, 0.6) is 0 Å². The smallest absolute Gasteiger partial charge is 0.303 e. The number of carboxylic acid groups (broad SMARTS) is 1. The van der Waals surface area contributed by atoms with Crippen molar-refractivity contribution in [3.8, 4) is 0 Å². The third kappa shape index (κ3) is 3.91. The largest absolute Gasteiger partial charge is 0.481 e. The maximum absolute atomic E-state index is 11.9. The summed E-state index contributed by atoms with van der Waals surface area (Å²) in [5, 5.41) is 11.8. The van der Waals surface area contributed by atoms with E-state index in [1.54, 1.807) is 13.0 Å². The second-order valence-electron chi connectivity index (χ2n) is 6.10. The molecular weight excluding hydrogens is 318 g/mol. The van der Waals surface area contributed by atoms with Gasteiger partial charge >= 0.3 is 5.97 Å². The molecule has 2 rings (SSSR count). The molecule has 25 heavy (non-hydrogen) atoms. The lowest BCUT2D eigenvalue weighted by Gasteiger charge is -2.04. The fraction of sp³-hybridized carbons (Fsp3) is 0.263. The number of aromatic amines is 1. The molecular formula is C19H23N3O3. The Kier molecular flexibility index (Phi) is 5.32. The van der Waals surface area contributed by atoms with Gasteiger partial charge in [0.05, 0.1) is 5.70 Å². The fourth-order valence-electron chi connectivity index (χ4n) is 2.94. The van der Waals surface area contributed by atoms with E-state index in [2.05, 4.69) is 23.5 Å². The highest BCUT2D eigenvalue weighted by Gasteiger charge is 2.22. The van der Waals surface area contributed by atoms with Gasteiger partial charge < -0.3 is 21.1 Å². The molecule has 2 heterocycles. The summed E-state index contributed by atoms with van der Waals surface area (Å²) in [6, 6.07) is 0. The Morgan fingerprint density at radius 2 is 2.04 bits per heavy atom. The summed E-state index contributed by atoms with van der Waals surface area (Å²) < 4.78 is 0. The van der Waals surface area contributed by atoms with E-state index in [4.69, 9.17) is 10.8 Å². The zero-order valence-electron chi connectivity index (χ0n) is 14.5. The molecule has 0 saturated carbocycles. The van der Waals surface area contributed by atoms with Gasteiger partial charge in [-0.2, -0.15) is 0 Å². The number of carbonyl (C=O) groups excluding carboxylic acids is 1. The summed E-state index contributed by atoms with van der Waals surface area (Å²) in [4.78, 5) is 26.1. The van der Waals surface area contributed by atoms with Crippen molar-refractivity contribution < 1.29 is 14.7 Å². The van der Waals surface area contributed by atoms with Crippen molar-refractivity contribution in [2.45, 2.75) is 33.1 Å². The summed E-state index contributed by atoms with van der Waals surface area (Å²) >= 11 is 0. The SMILES string of the molecule is C=CC1=C(C)C(=O)N/C1=C\c1[nH]c(CC(=C)N)c(CCC(=O)O)c1C. The van der Waals surface area contributed by atoms with Crippen molar-refractivity contribution in [2.24, 2.45) is 5.73 Å². The van der Waals surface area contributed by atoms with Crippen LogP contribution in [0, 0.1) is 6.92 Å². The maximum Gasteiger partial charge on any atom is 0.303 e. The van der Waals surface area contributed by atoms with Crippen molar-refractivity contribution in [2.75, 3.05) is 0 Å². The monoisotopic (exact) mass is 341 g/mol. The molecule has 0 aliphatic carbocycles. The molecule has 1 aromatic heterocycles. The Balaban J connectivity index is 2.46. The molecule has 1 aliphatic rings. The molecule has 0 spiro atoms. The van der Waals surface area contributed by atoms with Crippen molar-refractivity contribution in [3.05, 3.63) is 64.3 Å². The first-order valence-electron chi connectivity index (χ1n) is 7.96. The van der Waals surface area contributed by atoms with Crippen molar-refractivity contribution in [1.82, 2.24) is 10.3 Å². The van der Waals surface area contributed by atoms with Gasteiger partial charge in [-0.05, 0) is 37.5 Å². The Morgan fingerprint density at radius 1 is 1.36 bits per heavy atom. The Morgan fingerprint density at radius 3 is 2.60 bits per heavy atom. The molecule has 6 heteroatoms. The zero-order valence-corrected chi connectivity index (χ0v) is 14.5. The van der Waals surface area contributed by atoms with E-state index in [9.17, 15) is 9.59 Å². The minimum atomic E-state index is -0.853. The number of rotatable bonds is 7. The number of hydrogen-bond donors (Lipinski definition) is 4. The lowest BCUT2D eigenvalue weighted by molar-refractivity contribution is -0.137. The number of nitrogens with one attached hydrogen (secondary N) is 2. The molecule has 1 aliphatic heterocycles. The van der Waals surface area contributed by atoms with Gasteiger partial charge in [-0.15, -0.1) is 0 Å². The molecule has 0 unspecified atom stereocenters. The van der Waals surface area contributed by atoms with Gasteiger partial charge in [-0.3, -0.25) is 9.59 Å². The maximum atomic E-state index is 11.9. The molecule has 1 amide bonds. The molecule has 6 nitrogen and oxygen atoms in total. The number of amides is 1. The Bertz CT molecular complexity index is 825. The first-order chi connectivity index (χ1) is 11.7. The van der Waals surface area contributed by atoms with Crippen LogP contribution in [0.3, 0.4) is 0 Å². The summed E-state index contributed by atoms with van der Waals surface area (Å²) in [7, 11) is 0. The number of aliphatic carboxylic acids is 1. The molecule has 0 aromatic carbocycles. The molecule has 0 radical (unpaired) electrons. The third-order valence-corrected chi connectivity index (χ3v) is 4.27. The van der Waals surface area contributed by atoms with Crippen molar-refractivity contribution >= 4 is 18.0 Å². The average molecular weight is 341 g/mol. The lowest BCUT2D eigenvalue weighted by atomic mass is 10.0. The minimum Gasteiger partial charge on any atom is -0.481 e. The predicted molar refractivity (Wildman–Crippen MR) is 97.5 cm³/mol. The van der Waals surface area contributed by atoms with Crippen LogP contribution < -0.4 is 11.1 Å². The fourth-order valence-corrected chi connectivity index (χ4v) is 2.94. The van der Waals surface area contributed by atoms with Crippen LogP contribution in [-0.2, 0) is 22.4 Å². The highest BCUT2D eigenvalue weighted by atomic mass is 16.4. The van der Waals surface area contributed by atoms with Crippen LogP contribution >= 0.6 is 0 Å². The number of carboxylic acids is 1. The first-order valence-corrected chi connectivity index (χ1v) is 7.96. The second-order valence-corrected chi connectivity index (χ2v) is 6.10. The van der Waals surface area contributed by atoms with Gasteiger partial charge in [-0.1, -0.05) is 19.2 Å². The molecule has 0 bridgehead atoms. The minimum absolute atomic E-state index is 0.0341. The van der Waals surface area contributed by atoms with Gasteiger partial charge in [-0.25, -0.2) is 0 Å². The summed E-state index contributed by atoms with van der Waals surface area (Å²) in [5.74, 6) is -0.999. The molecule has 0 saturated heterocycles.